The van der Waals surface area contributed by atoms with Crippen LogP contribution in [0.1, 0.15) is 11.1 Å². The van der Waals surface area contributed by atoms with Crippen LogP contribution < -0.4 is 11.5 Å². The maximum Gasteiger partial charge on any atom is 0.135 e. The lowest BCUT2D eigenvalue weighted by molar-refractivity contribution is 0.896. The molecule has 0 spiro atoms. The molecule has 0 amide bonds. The van der Waals surface area contributed by atoms with E-state index in [0.29, 0.717) is 0 Å². The second kappa shape index (κ2) is 6.25. The van der Waals surface area contributed by atoms with Gasteiger partial charge < -0.3 is 11.5 Å². The highest BCUT2D eigenvalue weighted by Gasteiger charge is 2.43. The molecule has 0 atom stereocenters. The first-order valence-corrected chi connectivity index (χ1v) is 8.72. The van der Waals surface area contributed by atoms with Crippen molar-refractivity contribution >= 4 is 33.2 Å². The summed E-state index contributed by atoms with van der Waals surface area (Å²) in [5.74, 6) is -0.328. The van der Waals surface area contributed by atoms with E-state index in [1.165, 1.54) is 0 Å². The van der Waals surface area contributed by atoms with Crippen LogP contribution in [0.15, 0.2) is 84.9 Å². The molecular formula is C23H20N4. The lowest BCUT2D eigenvalue weighted by Gasteiger charge is -2.34. The smallest absolute Gasteiger partial charge is 0.135 e. The van der Waals surface area contributed by atoms with Gasteiger partial charge in [-0.1, -0.05) is 84.9 Å². The molecule has 4 aromatic carbocycles. The maximum atomic E-state index is 8.51. The number of benzene rings is 4. The van der Waals surface area contributed by atoms with Crippen LogP contribution in [0.3, 0.4) is 0 Å². The van der Waals surface area contributed by atoms with Gasteiger partial charge in [0.2, 0.25) is 0 Å². The number of fused-ring (bicyclic) bond motifs is 2. The first-order valence-electron chi connectivity index (χ1n) is 8.72. The zero-order chi connectivity index (χ0) is 19.0. The molecule has 0 aliphatic carbocycles. The van der Waals surface area contributed by atoms with E-state index >= 15 is 0 Å². The van der Waals surface area contributed by atoms with Crippen molar-refractivity contribution in [3.63, 3.8) is 0 Å². The van der Waals surface area contributed by atoms with Crippen molar-refractivity contribution in [3.8, 4) is 0 Å². The highest BCUT2D eigenvalue weighted by Crippen LogP contribution is 2.40. The number of hydrogen-bond acceptors (Lipinski definition) is 2. The predicted molar refractivity (Wildman–Crippen MR) is 113 cm³/mol. The van der Waals surface area contributed by atoms with E-state index in [9.17, 15) is 0 Å². The fourth-order valence-corrected chi connectivity index (χ4v) is 3.98. The summed E-state index contributed by atoms with van der Waals surface area (Å²) >= 11 is 0. The quantitative estimate of drug-likeness (QED) is 0.328. The zero-order valence-electron chi connectivity index (χ0n) is 14.7. The zero-order valence-corrected chi connectivity index (χ0v) is 14.7. The summed E-state index contributed by atoms with van der Waals surface area (Å²) in [6.07, 6.45) is 0. The lowest BCUT2D eigenvalue weighted by Crippen LogP contribution is -2.51. The Hall–Kier alpha value is -3.66. The molecule has 0 aliphatic rings. The third-order valence-electron chi connectivity index (χ3n) is 5.20. The summed E-state index contributed by atoms with van der Waals surface area (Å²) in [7, 11) is 0. The van der Waals surface area contributed by atoms with Gasteiger partial charge in [-0.15, -0.1) is 0 Å². The standard InChI is InChI=1S/C23H20N4/c24-21(25)23(22(26)27,19-13-5-9-15-7-1-3-11-17(15)19)20-14-6-10-16-8-2-4-12-18(16)20/h1-14H,(H3,24,25)(H3,26,27). The molecule has 0 heterocycles. The number of rotatable bonds is 4. The van der Waals surface area contributed by atoms with Gasteiger partial charge in [0.25, 0.3) is 0 Å². The van der Waals surface area contributed by atoms with Crippen molar-refractivity contribution in [2.75, 3.05) is 0 Å². The molecule has 0 fully saturated rings. The molecule has 27 heavy (non-hydrogen) atoms. The van der Waals surface area contributed by atoms with Crippen molar-refractivity contribution in [2.24, 2.45) is 11.5 Å². The Bertz CT molecular complexity index is 1090. The number of amidine groups is 2. The van der Waals surface area contributed by atoms with Crippen molar-refractivity contribution < 1.29 is 0 Å². The Kier molecular flexibility index (Phi) is 3.89. The fourth-order valence-electron chi connectivity index (χ4n) is 3.98. The SMILES string of the molecule is N=C(N)C(C(=N)N)(c1cccc2ccccc12)c1cccc2ccccc12. The molecular weight excluding hydrogens is 332 g/mol. The first kappa shape index (κ1) is 16.8. The molecule has 132 valence electrons. The molecule has 0 bridgehead atoms. The molecule has 6 N–H and O–H groups in total. The van der Waals surface area contributed by atoms with Crippen LogP contribution in [-0.4, -0.2) is 11.7 Å². The highest BCUT2D eigenvalue weighted by atomic mass is 14.8. The summed E-state index contributed by atoms with van der Waals surface area (Å²) < 4.78 is 0. The monoisotopic (exact) mass is 352 g/mol. The van der Waals surface area contributed by atoms with Crippen LogP contribution in [0, 0.1) is 10.8 Å². The van der Waals surface area contributed by atoms with Crippen LogP contribution in [-0.2, 0) is 5.41 Å². The summed E-state index contributed by atoms with van der Waals surface area (Å²) in [6, 6.07) is 27.5. The minimum atomic E-state index is -1.33. The van der Waals surface area contributed by atoms with E-state index in [0.717, 1.165) is 32.7 Å². The van der Waals surface area contributed by atoms with Crippen molar-refractivity contribution in [2.45, 2.75) is 5.41 Å². The van der Waals surface area contributed by atoms with Gasteiger partial charge in [-0.2, -0.15) is 0 Å². The van der Waals surface area contributed by atoms with Crippen LogP contribution in [0.25, 0.3) is 21.5 Å². The Morgan fingerprint density at radius 1 is 0.556 bits per heavy atom. The molecule has 4 rings (SSSR count). The fraction of sp³-hybridized carbons (Fsp3) is 0.0435. The van der Waals surface area contributed by atoms with E-state index < -0.39 is 5.41 Å². The average molecular weight is 352 g/mol. The van der Waals surface area contributed by atoms with Gasteiger partial charge in [0, 0.05) is 0 Å². The van der Waals surface area contributed by atoms with Gasteiger partial charge in [0.15, 0.2) is 0 Å². The van der Waals surface area contributed by atoms with Crippen LogP contribution >= 0.6 is 0 Å². The first-order chi connectivity index (χ1) is 13.1. The largest absolute Gasteiger partial charge is 0.386 e. The van der Waals surface area contributed by atoms with Crippen LogP contribution in [0.2, 0.25) is 0 Å². The Morgan fingerprint density at radius 2 is 0.926 bits per heavy atom. The number of nitrogens with one attached hydrogen (secondary N) is 2. The molecule has 0 unspecified atom stereocenters. The average Bonchev–Trinajstić information content (AvgIpc) is 2.68. The molecule has 4 aromatic rings. The second-order valence-electron chi connectivity index (χ2n) is 6.63. The van der Waals surface area contributed by atoms with Gasteiger partial charge in [0.1, 0.15) is 17.1 Å². The van der Waals surface area contributed by atoms with Gasteiger partial charge in [-0.05, 0) is 32.7 Å². The minimum absolute atomic E-state index is 0.164. The third-order valence-corrected chi connectivity index (χ3v) is 5.20. The molecule has 0 radical (unpaired) electrons. The Morgan fingerprint density at radius 3 is 1.33 bits per heavy atom. The lowest BCUT2D eigenvalue weighted by atomic mass is 9.69. The molecule has 0 aromatic heterocycles. The van der Waals surface area contributed by atoms with E-state index in [2.05, 4.69) is 0 Å². The van der Waals surface area contributed by atoms with E-state index in [1.807, 2.05) is 84.9 Å². The maximum absolute atomic E-state index is 8.51. The predicted octanol–water partition coefficient (Wildman–Crippen LogP) is 4.15. The number of nitrogens with two attached hydrogens (primary N) is 2. The van der Waals surface area contributed by atoms with Crippen molar-refractivity contribution in [1.82, 2.24) is 0 Å². The van der Waals surface area contributed by atoms with E-state index in [-0.39, 0.29) is 11.7 Å². The van der Waals surface area contributed by atoms with Crippen LogP contribution in [0.5, 0.6) is 0 Å². The van der Waals surface area contributed by atoms with E-state index in [1.54, 1.807) is 0 Å². The summed E-state index contributed by atoms with van der Waals surface area (Å²) in [5.41, 5.74) is 12.5. The van der Waals surface area contributed by atoms with E-state index in [4.69, 9.17) is 22.3 Å². The van der Waals surface area contributed by atoms with Gasteiger partial charge in [0.05, 0.1) is 0 Å². The molecule has 0 saturated heterocycles. The Balaban J connectivity index is 2.20. The van der Waals surface area contributed by atoms with Crippen molar-refractivity contribution in [1.29, 1.82) is 10.8 Å². The van der Waals surface area contributed by atoms with Gasteiger partial charge >= 0.3 is 0 Å². The summed E-state index contributed by atoms with van der Waals surface area (Å²) in [6.45, 7) is 0. The van der Waals surface area contributed by atoms with Crippen molar-refractivity contribution in [3.05, 3.63) is 96.1 Å². The topological polar surface area (TPSA) is 99.7 Å². The van der Waals surface area contributed by atoms with Gasteiger partial charge in [-0.3, -0.25) is 10.8 Å². The normalized spacial score (nSPS) is 11.6. The molecule has 0 aliphatic heterocycles. The molecule has 4 nitrogen and oxygen atoms in total. The highest BCUT2D eigenvalue weighted by molar-refractivity contribution is 6.19. The van der Waals surface area contributed by atoms with Crippen LogP contribution in [0.4, 0.5) is 0 Å². The molecule has 4 heteroatoms. The second-order valence-corrected chi connectivity index (χ2v) is 6.63. The molecule has 0 saturated carbocycles. The minimum Gasteiger partial charge on any atom is -0.386 e. The van der Waals surface area contributed by atoms with Gasteiger partial charge in [-0.25, -0.2) is 0 Å². The number of hydrogen-bond donors (Lipinski definition) is 4. The Labute approximate surface area is 157 Å². The summed E-state index contributed by atoms with van der Waals surface area (Å²) in [4.78, 5) is 0. The summed E-state index contributed by atoms with van der Waals surface area (Å²) in [5, 5.41) is 20.9. The third kappa shape index (κ3) is 2.38.